The van der Waals surface area contributed by atoms with E-state index in [1.807, 2.05) is 54.6 Å². The maximum Gasteiger partial charge on any atom is 0.208 e. The van der Waals surface area contributed by atoms with Gasteiger partial charge in [-0.3, -0.25) is 0 Å². The Labute approximate surface area is 223 Å². The first-order valence-corrected chi connectivity index (χ1v) is 12.8. The predicted octanol–water partition coefficient (Wildman–Crippen LogP) is 7.83. The molecule has 0 radical (unpaired) electrons. The number of allylic oxidation sites excluding steroid dienone is 1. The summed E-state index contributed by atoms with van der Waals surface area (Å²) in [5.74, 6) is -4.17. The Kier molecular flexibility index (Phi) is 4.97. The Balaban J connectivity index is 1.61. The molecule has 0 bridgehead atoms. The quantitative estimate of drug-likeness (QED) is 0.0925. The van der Waals surface area contributed by atoms with E-state index in [4.69, 9.17) is 0 Å². The smallest absolute Gasteiger partial charge is 0.208 e. The predicted molar refractivity (Wildman–Crippen MR) is 155 cm³/mol. The van der Waals surface area contributed by atoms with Crippen LogP contribution < -0.4 is 0 Å². The van der Waals surface area contributed by atoms with E-state index < -0.39 is 28.7 Å². The molecule has 0 saturated heterocycles. The van der Waals surface area contributed by atoms with Gasteiger partial charge < -0.3 is 25.5 Å². The van der Waals surface area contributed by atoms with Crippen molar-refractivity contribution in [3.05, 3.63) is 102 Å². The monoisotopic (exact) mass is 512 g/mol. The Morgan fingerprint density at radius 1 is 0.410 bits per heavy atom. The molecule has 0 amide bonds. The molecule has 39 heavy (non-hydrogen) atoms. The molecule has 5 nitrogen and oxygen atoms in total. The summed E-state index contributed by atoms with van der Waals surface area (Å²) in [7, 11) is 0. The maximum atomic E-state index is 10.9. The van der Waals surface area contributed by atoms with Gasteiger partial charge in [-0.2, -0.15) is 0 Å². The van der Waals surface area contributed by atoms with Gasteiger partial charge >= 0.3 is 0 Å². The van der Waals surface area contributed by atoms with E-state index in [-0.39, 0.29) is 5.56 Å². The van der Waals surface area contributed by atoms with Crippen LogP contribution in [0, 0.1) is 0 Å². The number of fused-ring (bicyclic) bond motifs is 5. The second-order valence-electron chi connectivity index (χ2n) is 9.99. The van der Waals surface area contributed by atoms with Crippen molar-refractivity contribution >= 4 is 44.0 Å². The van der Waals surface area contributed by atoms with Crippen molar-refractivity contribution in [2.75, 3.05) is 0 Å². The number of hydrogen-bond acceptors (Lipinski definition) is 5. The molecule has 0 aliphatic heterocycles. The zero-order chi connectivity index (χ0) is 26.8. The van der Waals surface area contributed by atoms with E-state index in [0.29, 0.717) is 5.56 Å². The molecule has 190 valence electrons. The lowest BCUT2D eigenvalue weighted by molar-refractivity contribution is 0.330. The van der Waals surface area contributed by atoms with Crippen LogP contribution in [0.1, 0.15) is 23.1 Å². The molecule has 1 aliphatic carbocycles. The molecule has 5 heteroatoms. The third kappa shape index (κ3) is 3.26. The zero-order valence-corrected chi connectivity index (χ0v) is 20.8. The molecule has 0 spiro atoms. The van der Waals surface area contributed by atoms with Gasteiger partial charge in [0.2, 0.25) is 17.2 Å². The highest BCUT2D eigenvalue weighted by Crippen LogP contribution is 2.57. The molecular weight excluding hydrogens is 488 g/mol. The van der Waals surface area contributed by atoms with Crippen LogP contribution in [0.15, 0.2) is 84.9 Å². The van der Waals surface area contributed by atoms with Crippen molar-refractivity contribution in [3.8, 4) is 39.9 Å². The van der Waals surface area contributed by atoms with E-state index in [2.05, 4.69) is 36.4 Å². The van der Waals surface area contributed by atoms with Gasteiger partial charge in [0.1, 0.15) is 0 Å². The molecule has 1 aliphatic rings. The Hall–Kier alpha value is -5.16. The van der Waals surface area contributed by atoms with E-state index >= 15 is 0 Å². The van der Waals surface area contributed by atoms with E-state index in [1.54, 1.807) is 0 Å². The minimum atomic E-state index is -0.975. The molecule has 5 N–H and O–H groups in total. The molecule has 0 atom stereocenters. The largest absolute Gasteiger partial charge is 0.504 e. The summed E-state index contributed by atoms with van der Waals surface area (Å²) in [5, 5.41) is 58.2. The molecular formula is C34H24O5. The van der Waals surface area contributed by atoms with Gasteiger partial charge in [0.15, 0.2) is 11.5 Å². The summed E-state index contributed by atoms with van der Waals surface area (Å²) in [6, 6.07) is 28.2. The van der Waals surface area contributed by atoms with Gasteiger partial charge in [0.05, 0.1) is 5.56 Å². The second-order valence-corrected chi connectivity index (χ2v) is 9.99. The average Bonchev–Trinajstić information content (AvgIpc) is 2.98. The minimum absolute atomic E-state index is 0.143. The Morgan fingerprint density at radius 3 is 1.49 bits per heavy atom. The fraction of sp³-hybridized carbons (Fsp3) is 0.0588. The average molecular weight is 513 g/mol. The molecule has 0 fully saturated rings. The van der Waals surface area contributed by atoms with Crippen molar-refractivity contribution in [3.63, 3.8) is 0 Å². The number of benzene rings is 6. The molecule has 0 unspecified atom stereocenters. The summed E-state index contributed by atoms with van der Waals surface area (Å²) in [5.41, 5.74) is 5.09. The number of phenols is 5. The van der Waals surface area contributed by atoms with Crippen molar-refractivity contribution in [2.24, 2.45) is 0 Å². The Morgan fingerprint density at radius 2 is 0.897 bits per heavy atom. The van der Waals surface area contributed by atoms with Gasteiger partial charge in [-0.05, 0) is 67.4 Å². The van der Waals surface area contributed by atoms with Crippen LogP contribution in [0.2, 0.25) is 0 Å². The van der Waals surface area contributed by atoms with Crippen molar-refractivity contribution in [1.82, 2.24) is 0 Å². The first-order chi connectivity index (χ1) is 19.0. The zero-order valence-electron chi connectivity index (χ0n) is 20.8. The van der Waals surface area contributed by atoms with Gasteiger partial charge in [0, 0.05) is 5.56 Å². The summed E-state index contributed by atoms with van der Waals surface area (Å²) in [6.45, 7) is 0. The van der Waals surface area contributed by atoms with Gasteiger partial charge in [-0.1, -0.05) is 91.0 Å². The SMILES string of the molecule is Oc1c(O)c(O)c(-c2c3ccccc3c(C3=Cc4c(ccc5ccccc45)CC3)c3ccccc23)c(O)c1O. The highest BCUT2D eigenvalue weighted by Gasteiger charge is 2.28. The third-order valence-corrected chi connectivity index (χ3v) is 7.92. The van der Waals surface area contributed by atoms with E-state index in [0.717, 1.165) is 39.9 Å². The lowest BCUT2D eigenvalue weighted by Gasteiger charge is -2.23. The molecule has 0 heterocycles. The highest BCUT2D eigenvalue weighted by molar-refractivity contribution is 6.21. The Bertz CT molecular complexity index is 1930. The van der Waals surface area contributed by atoms with Crippen LogP contribution in [-0.4, -0.2) is 25.5 Å². The van der Waals surface area contributed by atoms with Crippen molar-refractivity contribution < 1.29 is 25.5 Å². The van der Waals surface area contributed by atoms with Crippen molar-refractivity contribution in [2.45, 2.75) is 12.8 Å². The van der Waals surface area contributed by atoms with Crippen molar-refractivity contribution in [1.29, 1.82) is 0 Å². The van der Waals surface area contributed by atoms with Gasteiger partial charge in [-0.15, -0.1) is 0 Å². The van der Waals surface area contributed by atoms with Gasteiger partial charge in [0.25, 0.3) is 0 Å². The highest BCUT2D eigenvalue weighted by atomic mass is 16.4. The maximum absolute atomic E-state index is 10.9. The first-order valence-electron chi connectivity index (χ1n) is 12.8. The first kappa shape index (κ1) is 23.0. The molecule has 0 saturated carbocycles. The molecule has 0 aromatic heterocycles. The molecule has 6 aromatic carbocycles. The summed E-state index contributed by atoms with van der Waals surface area (Å²) in [4.78, 5) is 0. The molecule has 6 aromatic rings. The fourth-order valence-corrected chi connectivity index (χ4v) is 6.11. The number of aryl methyl sites for hydroxylation is 1. The van der Waals surface area contributed by atoms with Crippen LogP contribution in [0.5, 0.6) is 28.7 Å². The van der Waals surface area contributed by atoms with Gasteiger partial charge in [-0.25, -0.2) is 0 Å². The standard InChI is InChI=1S/C34H24O5/c35-30-29(31(36)33(38)34(39)32(30)37)28-24-11-5-3-9-22(24)27(23-10-4-6-12-25(23)28)20-16-15-19-14-13-18-7-1-2-8-21(18)26(19)17-20/h1-14,17,35-39H,15-16H2. The van der Waals surface area contributed by atoms with Crippen LogP contribution in [0.3, 0.4) is 0 Å². The van der Waals surface area contributed by atoms with E-state index in [9.17, 15) is 25.5 Å². The van der Waals surface area contributed by atoms with Crippen LogP contribution in [-0.2, 0) is 6.42 Å². The minimum Gasteiger partial charge on any atom is -0.504 e. The summed E-state index contributed by atoms with van der Waals surface area (Å²) < 4.78 is 0. The summed E-state index contributed by atoms with van der Waals surface area (Å²) >= 11 is 0. The number of phenolic OH excluding ortho intramolecular Hbond substituents is 5. The normalized spacial score (nSPS) is 13.1. The fourth-order valence-electron chi connectivity index (χ4n) is 6.11. The number of rotatable bonds is 2. The third-order valence-electron chi connectivity index (χ3n) is 7.92. The topological polar surface area (TPSA) is 101 Å². The number of hydrogen-bond donors (Lipinski definition) is 5. The lowest BCUT2D eigenvalue weighted by Crippen LogP contribution is -2.02. The lowest BCUT2D eigenvalue weighted by atomic mass is 9.80. The van der Waals surface area contributed by atoms with Crippen LogP contribution in [0.4, 0.5) is 0 Å². The summed E-state index contributed by atoms with van der Waals surface area (Å²) in [6.07, 6.45) is 4.02. The second kappa shape index (κ2) is 8.43. The number of aromatic hydroxyl groups is 5. The van der Waals surface area contributed by atoms with E-state index in [1.165, 1.54) is 27.5 Å². The van der Waals surface area contributed by atoms with Crippen LogP contribution in [0.25, 0.3) is 55.1 Å². The molecule has 7 rings (SSSR count). The van der Waals surface area contributed by atoms with Crippen LogP contribution >= 0.6 is 0 Å².